The van der Waals surface area contributed by atoms with Gasteiger partial charge in [0.15, 0.2) is 6.29 Å². The molecule has 74 valence electrons. The van der Waals surface area contributed by atoms with Gasteiger partial charge in [-0.25, -0.2) is 0 Å². The third kappa shape index (κ3) is 1.40. The molecule has 1 heterocycles. The molecule has 2 N–H and O–H groups in total. The highest BCUT2D eigenvalue weighted by Crippen LogP contribution is 2.33. The molecule has 1 aliphatic rings. The van der Waals surface area contributed by atoms with Gasteiger partial charge in [0.25, 0.3) is 0 Å². The maximum Gasteiger partial charge on any atom is 0.153 e. The highest BCUT2D eigenvalue weighted by atomic mass is 16.3. The zero-order chi connectivity index (χ0) is 10.1. The molecule has 1 atom stereocenters. The van der Waals surface area contributed by atoms with Crippen molar-refractivity contribution in [3.05, 3.63) is 28.8 Å². The van der Waals surface area contributed by atoms with Crippen molar-refractivity contribution in [2.45, 2.75) is 19.4 Å². The number of rotatable bonds is 2. The van der Waals surface area contributed by atoms with E-state index >= 15 is 0 Å². The van der Waals surface area contributed by atoms with Crippen LogP contribution in [0, 0.1) is 6.92 Å². The number of carbonyl (C=O) groups is 1. The molecule has 0 aromatic heterocycles. The molecule has 3 heteroatoms. The van der Waals surface area contributed by atoms with Crippen LogP contribution in [0.25, 0.3) is 0 Å². The minimum Gasteiger partial charge on any atom is -0.507 e. The van der Waals surface area contributed by atoms with Crippen LogP contribution in [0.4, 0.5) is 0 Å². The van der Waals surface area contributed by atoms with E-state index in [2.05, 4.69) is 5.32 Å². The smallest absolute Gasteiger partial charge is 0.153 e. The van der Waals surface area contributed by atoms with Gasteiger partial charge in [0, 0.05) is 11.6 Å². The first kappa shape index (κ1) is 9.21. The average Bonchev–Trinajstić information content (AvgIpc) is 2.07. The predicted molar refractivity (Wildman–Crippen MR) is 53.6 cm³/mol. The summed E-state index contributed by atoms with van der Waals surface area (Å²) >= 11 is 0. The van der Waals surface area contributed by atoms with Gasteiger partial charge < -0.3 is 10.4 Å². The van der Waals surface area contributed by atoms with Crippen LogP contribution in [-0.2, 0) is 0 Å². The number of phenols is 1. The molecule has 1 unspecified atom stereocenters. The van der Waals surface area contributed by atoms with E-state index in [-0.39, 0.29) is 11.8 Å². The second-order valence-electron chi connectivity index (χ2n) is 3.71. The Balaban J connectivity index is 2.46. The summed E-state index contributed by atoms with van der Waals surface area (Å²) in [6.07, 6.45) is 1.72. The molecule has 0 aliphatic carbocycles. The molecule has 0 radical (unpaired) electrons. The molecule has 1 aliphatic heterocycles. The van der Waals surface area contributed by atoms with Crippen molar-refractivity contribution in [3.8, 4) is 5.75 Å². The standard InChI is InChI=1S/C11H13NO2/c1-7-4-8(6-13)11(14)9(5-7)10-2-3-12-10/h4-6,10,12,14H,2-3H2,1H3. The number of aldehydes is 1. The Kier molecular flexibility index (Phi) is 2.25. The van der Waals surface area contributed by atoms with Gasteiger partial charge in [-0.2, -0.15) is 0 Å². The lowest BCUT2D eigenvalue weighted by Crippen LogP contribution is -2.35. The number of nitrogens with one attached hydrogen (secondary N) is 1. The van der Waals surface area contributed by atoms with E-state index in [0.29, 0.717) is 11.8 Å². The van der Waals surface area contributed by atoms with Crippen LogP contribution >= 0.6 is 0 Å². The third-order valence-electron chi connectivity index (χ3n) is 2.64. The van der Waals surface area contributed by atoms with Crippen molar-refractivity contribution < 1.29 is 9.90 Å². The SMILES string of the molecule is Cc1cc(C=O)c(O)c(C2CCN2)c1. The van der Waals surface area contributed by atoms with Gasteiger partial charge in [-0.1, -0.05) is 6.07 Å². The predicted octanol–water partition coefficient (Wildman–Crippen LogP) is 1.55. The molecular weight excluding hydrogens is 178 g/mol. The number of aromatic hydroxyl groups is 1. The largest absolute Gasteiger partial charge is 0.507 e. The number of phenolic OH excluding ortho intramolecular Hbond substituents is 1. The summed E-state index contributed by atoms with van der Waals surface area (Å²) in [6, 6.07) is 3.84. The molecule has 1 saturated heterocycles. The van der Waals surface area contributed by atoms with Gasteiger partial charge in [-0.15, -0.1) is 0 Å². The van der Waals surface area contributed by atoms with E-state index < -0.39 is 0 Å². The molecular formula is C11H13NO2. The van der Waals surface area contributed by atoms with E-state index in [9.17, 15) is 9.90 Å². The molecule has 14 heavy (non-hydrogen) atoms. The summed E-state index contributed by atoms with van der Waals surface area (Å²) < 4.78 is 0. The molecule has 0 saturated carbocycles. The van der Waals surface area contributed by atoms with Gasteiger partial charge >= 0.3 is 0 Å². The van der Waals surface area contributed by atoms with Gasteiger partial charge in [-0.3, -0.25) is 4.79 Å². The summed E-state index contributed by atoms with van der Waals surface area (Å²) in [5.41, 5.74) is 2.24. The fourth-order valence-electron chi connectivity index (χ4n) is 1.75. The topological polar surface area (TPSA) is 49.3 Å². The van der Waals surface area contributed by atoms with Crippen LogP contribution in [0.15, 0.2) is 12.1 Å². The number of hydrogen-bond donors (Lipinski definition) is 2. The lowest BCUT2D eigenvalue weighted by molar-refractivity contribution is 0.112. The van der Waals surface area contributed by atoms with Gasteiger partial charge in [0.05, 0.1) is 5.56 Å². The van der Waals surface area contributed by atoms with Crippen molar-refractivity contribution in [2.24, 2.45) is 0 Å². The second kappa shape index (κ2) is 3.42. The fourth-order valence-corrected chi connectivity index (χ4v) is 1.75. The van der Waals surface area contributed by atoms with Gasteiger partial charge in [-0.05, 0) is 31.5 Å². The minimum atomic E-state index is 0.128. The molecule has 1 aromatic rings. The molecule has 0 spiro atoms. The number of benzene rings is 1. The summed E-state index contributed by atoms with van der Waals surface area (Å²) in [6.45, 7) is 2.91. The van der Waals surface area contributed by atoms with Crippen LogP contribution < -0.4 is 5.32 Å². The maximum absolute atomic E-state index is 10.7. The van der Waals surface area contributed by atoms with Gasteiger partial charge in [0.2, 0.25) is 0 Å². The van der Waals surface area contributed by atoms with E-state index in [1.165, 1.54) is 0 Å². The molecule has 0 bridgehead atoms. The van der Waals surface area contributed by atoms with Crippen molar-refractivity contribution in [3.63, 3.8) is 0 Å². The van der Waals surface area contributed by atoms with Crippen LogP contribution in [0.2, 0.25) is 0 Å². The lowest BCUT2D eigenvalue weighted by Gasteiger charge is -2.29. The summed E-state index contributed by atoms with van der Waals surface area (Å²) in [7, 11) is 0. The van der Waals surface area contributed by atoms with Gasteiger partial charge in [0.1, 0.15) is 5.75 Å². The average molecular weight is 191 g/mol. The number of aryl methyl sites for hydroxylation is 1. The van der Waals surface area contributed by atoms with Crippen LogP contribution in [0.1, 0.15) is 33.9 Å². The summed E-state index contributed by atoms with van der Waals surface area (Å²) in [5, 5.41) is 13.0. The Hall–Kier alpha value is -1.35. The highest BCUT2D eigenvalue weighted by Gasteiger charge is 2.22. The van der Waals surface area contributed by atoms with E-state index in [1.807, 2.05) is 13.0 Å². The maximum atomic E-state index is 10.7. The third-order valence-corrected chi connectivity index (χ3v) is 2.64. The second-order valence-corrected chi connectivity index (χ2v) is 3.71. The highest BCUT2D eigenvalue weighted by molar-refractivity contribution is 5.80. The molecule has 0 amide bonds. The van der Waals surface area contributed by atoms with Crippen LogP contribution in [0.3, 0.4) is 0 Å². The van der Waals surface area contributed by atoms with Crippen molar-refractivity contribution in [1.82, 2.24) is 5.32 Å². The van der Waals surface area contributed by atoms with Crippen LogP contribution in [0.5, 0.6) is 5.75 Å². The lowest BCUT2D eigenvalue weighted by atomic mass is 9.93. The molecule has 1 fully saturated rings. The molecule has 1 aromatic carbocycles. The zero-order valence-electron chi connectivity index (χ0n) is 8.08. The van der Waals surface area contributed by atoms with E-state index in [1.54, 1.807) is 6.07 Å². The van der Waals surface area contributed by atoms with E-state index in [4.69, 9.17) is 0 Å². The molecule has 2 rings (SSSR count). The Morgan fingerprint density at radius 2 is 2.29 bits per heavy atom. The number of carbonyl (C=O) groups excluding carboxylic acids is 1. The summed E-state index contributed by atoms with van der Waals surface area (Å²) in [4.78, 5) is 10.7. The minimum absolute atomic E-state index is 0.128. The Bertz CT molecular complexity index is 370. The Labute approximate surface area is 82.8 Å². The first-order valence-corrected chi connectivity index (χ1v) is 4.74. The molecule has 3 nitrogen and oxygen atoms in total. The quantitative estimate of drug-likeness (QED) is 0.697. The van der Waals surface area contributed by atoms with Crippen LogP contribution in [-0.4, -0.2) is 17.9 Å². The Morgan fingerprint density at radius 1 is 1.57 bits per heavy atom. The zero-order valence-corrected chi connectivity index (χ0v) is 8.08. The Morgan fingerprint density at radius 3 is 2.79 bits per heavy atom. The normalized spacial score (nSPS) is 20.2. The monoisotopic (exact) mass is 191 g/mol. The van der Waals surface area contributed by atoms with Crippen molar-refractivity contribution in [2.75, 3.05) is 6.54 Å². The van der Waals surface area contributed by atoms with Crippen molar-refractivity contribution >= 4 is 6.29 Å². The number of hydrogen-bond acceptors (Lipinski definition) is 3. The van der Waals surface area contributed by atoms with E-state index in [0.717, 1.165) is 24.1 Å². The summed E-state index contributed by atoms with van der Waals surface area (Å²) in [5.74, 6) is 0.128. The first-order valence-electron chi connectivity index (χ1n) is 4.74. The first-order chi connectivity index (χ1) is 6.72. The van der Waals surface area contributed by atoms with Crippen molar-refractivity contribution in [1.29, 1.82) is 0 Å². The fraction of sp³-hybridized carbons (Fsp3) is 0.364.